The molecular weight excluding hydrogens is 326 g/mol. The highest BCUT2D eigenvalue weighted by atomic mass is 79.9. The lowest BCUT2D eigenvalue weighted by Gasteiger charge is -2.04. The Labute approximate surface area is 132 Å². The van der Waals surface area contributed by atoms with E-state index >= 15 is 0 Å². The van der Waals surface area contributed by atoms with Crippen LogP contribution in [0.4, 0.5) is 5.69 Å². The zero-order valence-corrected chi connectivity index (χ0v) is 13.6. The Bertz CT molecular complexity index is 768. The Balaban J connectivity index is 2.07. The van der Waals surface area contributed by atoms with Gasteiger partial charge >= 0.3 is 0 Å². The Morgan fingerprint density at radius 3 is 2.24 bits per heavy atom. The van der Waals surface area contributed by atoms with E-state index in [1.807, 2.05) is 35.1 Å². The van der Waals surface area contributed by atoms with Crippen LogP contribution in [-0.4, -0.2) is 9.78 Å². The number of nitrogens with zero attached hydrogens (tertiary/aromatic N) is 2. The van der Waals surface area contributed by atoms with E-state index in [0.717, 1.165) is 21.4 Å². The highest BCUT2D eigenvalue weighted by Crippen LogP contribution is 2.27. The van der Waals surface area contributed by atoms with E-state index < -0.39 is 0 Å². The van der Waals surface area contributed by atoms with Crippen molar-refractivity contribution in [1.29, 1.82) is 0 Å². The minimum atomic E-state index is 0.677. The summed E-state index contributed by atoms with van der Waals surface area (Å²) in [5, 5.41) is 4.64. The SMILES string of the molecule is Cc1cc(C)cc(-n2cc(N)c(-c3ccc(Br)cc3)n2)c1. The van der Waals surface area contributed by atoms with E-state index in [4.69, 9.17) is 5.73 Å². The van der Waals surface area contributed by atoms with Crippen molar-refractivity contribution in [2.45, 2.75) is 13.8 Å². The van der Waals surface area contributed by atoms with Crippen molar-refractivity contribution in [1.82, 2.24) is 9.78 Å². The van der Waals surface area contributed by atoms with Crippen LogP contribution in [0.15, 0.2) is 53.1 Å². The fourth-order valence-corrected chi connectivity index (χ4v) is 2.70. The van der Waals surface area contributed by atoms with Crippen LogP contribution in [0.25, 0.3) is 16.9 Å². The van der Waals surface area contributed by atoms with Gasteiger partial charge in [-0.1, -0.05) is 34.1 Å². The van der Waals surface area contributed by atoms with Crippen molar-refractivity contribution in [3.8, 4) is 16.9 Å². The molecule has 0 saturated heterocycles. The van der Waals surface area contributed by atoms with E-state index in [-0.39, 0.29) is 0 Å². The largest absolute Gasteiger partial charge is 0.396 e. The highest BCUT2D eigenvalue weighted by molar-refractivity contribution is 9.10. The Morgan fingerprint density at radius 2 is 1.62 bits per heavy atom. The fourth-order valence-electron chi connectivity index (χ4n) is 2.43. The number of halogens is 1. The van der Waals surface area contributed by atoms with Crippen LogP contribution < -0.4 is 5.73 Å². The number of nitrogen functional groups attached to an aromatic ring is 1. The summed E-state index contributed by atoms with van der Waals surface area (Å²) in [6.07, 6.45) is 1.87. The quantitative estimate of drug-likeness (QED) is 0.745. The first kappa shape index (κ1) is 13.9. The standard InChI is InChI=1S/C17H16BrN3/c1-11-7-12(2)9-15(8-11)21-10-16(19)17(20-21)13-3-5-14(18)6-4-13/h3-10H,19H2,1-2H3. The summed E-state index contributed by atoms with van der Waals surface area (Å²) in [5.41, 5.74) is 12.1. The van der Waals surface area contributed by atoms with E-state index in [1.54, 1.807) is 0 Å². The van der Waals surface area contributed by atoms with Crippen LogP contribution >= 0.6 is 15.9 Å². The lowest BCUT2D eigenvalue weighted by molar-refractivity contribution is 0.881. The predicted octanol–water partition coefficient (Wildman–Crippen LogP) is 4.50. The molecule has 0 aliphatic carbocycles. The molecule has 0 aliphatic rings. The Kier molecular flexibility index (Phi) is 3.55. The average Bonchev–Trinajstić information content (AvgIpc) is 2.81. The Hall–Kier alpha value is -2.07. The maximum Gasteiger partial charge on any atom is 0.116 e. The van der Waals surface area contributed by atoms with Gasteiger partial charge in [0.15, 0.2) is 0 Å². The van der Waals surface area contributed by atoms with Gasteiger partial charge in [-0.3, -0.25) is 0 Å². The lowest BCUT2D eigenvalue weighted by Crippen LogP contribution is -1.96. The Morgan fingerprint density at radius 1 is 1.00 bits per heavy atom. The lowest BCUT2D eigenvalue weighted by atomic mass is 10.1. The molecule has 0 spiro atoms. The maximum atomic E-state index is 6.13. The molecule has 0 amide bonds. The van der Waals surface area contributed by atoms with Crippen molar-refractivity contribution in [3.63, 3.8) is 0 Å². The summed E-state index contributed by atoms with van der Waals surface area (Å²) in [6.45, 7) is 4.16. The number of anilines is 1. The highest BCUT2D eigenvalue weighted by Gasteiger charge is 2.10. The first-order valence-corrected chi connectivity index (χ1v) is 7.52. The summed E-state index contributed by atoms with van der Waals surface area (Å²) in [4.78, 5) is 0. The molecule has 0 bridgehead atoms. The molecular formula is C17H16BrN3. The number of hydrogen-bond acceptors (Lipinski definition) is 2. The van der Waals surface area contributed by atoms with E-state index in [2.05, 4.69) is 53.1 Å². The summed E-state index contributed by atoms with van der Waals surface area (Å²) in [5.74, 6) is 0. The molecule has 2 aromatic carbocycles. The van der Waals surface area contributed by atoms with Crippen LogP contribution in [0.2, 0.25) is 0 Å². The number of benzene rings is 2. The van der Waals surface area contributed by atoms with Gasteiger partial charge in [0.25, 0.3) is 0 Å². The van der Waals surface area contributed by atoms with Crippen molar-refractivity contribution in [3.05, 3.63) is 64.3 Å². The zero-order valence-electron chi connectivity index (χ0n) is 12.0. The smallest absolute Gasteiger partial charge is 0.116 e. The van der Waals surface area contributed by atoms with Crippen molar-refractivity contribution < 1.29 is 0 Å². The van der Waals surface area contributed by atoms with Crippen molar-refractivity contribution in [2.24, 2.45) is 0 Å². The first-order chi connectivity index (χ1) is 10.0. The van der Waals surface area contributed by atoms with Crippen molar-refractivity contribution in [2.75, 3.05) is 5.73 Å². The molecule has 0 saturated carbocycles. The van der Waals surface area contributed by atoms with Gasteiger partial charge in [0.2, 0.25) is 0 Å². The van der Waals surface area contributed by atoms with Gasteiger partial charge in [0, 0.05) is 10.0 Å². The van der Waals surface area contributed by atoms with Gasteiger partial charge in [-0.2, -0.15) is 5.10 Å². The summed E-state index contributed by atoms with van der Waals surface area (Å²) >= 11 is 3.44. The number of aryl methyl sites for hydroxylation is 2. The fraction of sp³-hybridized carbons (Fsp3) is 0.118. The summed E-state index contributed by atoms with van der Waals surface area (Å²) in [7, 11) is 0. The van der Waals surface area contributed by atoms with Crippen LogP contribution in [0.3, 0.4) is 0 Å². The second-order valence-corrected chi connectivity index (χ2v) is 6.15. The molecule has 0 radical (unpaired) electrons. The van der Waals surface area contributed by atoms with E-state index in [1.165, 1.54) is 11.1 Å². The van der Waals surface area contributed by atoms with Gasteiger partial charge in [-0.25, -0.2) is 4.68 Å². The van der Waals surface area contributed by atoms with E-state index in [9.17, 15) is 0 Å². The number of nitrogens with two attached hydrogens (primary N) is 1. The number of hydrogen-bond donors (Lipinski definition) is 1. The molecule has 106 valence electrons. The van der Waals surface area contributed by atoms with Crippen LogP contribution in [-0.2, 0) is 0 Å². The first-order valence-electron chi connectivity index (χ1n) is 6.73. The molecule has 0 fully saturated rings. The topological polar surface area (TPSA) is 43.8 Å². The number of aromatic nitrogens is 2. The molecule has 0 aliphatic heterocycles. The van der Waals surface area contributed by atoms with E-state index in [0.29, 0.717) is 5.69 Å². The second kappa shape index (κ2) is 5.37. The molecule has 21 heavy (non-hydrogen) atoms. The molecule has 1 heterocycles. The minimum absolute atomic E-state index is 0.677. The van der Waals surface area contributed by atoms with Gasteiger partial charge in [0.05, 0.1) is 17.6 Å². The summed E-state index contributed by atoms with van der Waals surface area (Å²) in [6, 6.07) is 14.3. The molecule has 1 aromatic heterocycles. The van der Waals surface area contributed by atoms with Gasteiger partial charge in [-0.15, -0.1) is 0 Å². The second-order valence-electron chi connectivity index (χ2n) is 5.23. The average molecular weight is 342 g/mol. The summed E-state index contributed by atoms with van der Waals surface area (Å²) < 4.78 is 2.88. The predicted molar refractivity (Wildman–Crippen MR) is 90.6 cm³/mol. The van der Waals surface area contributed by atoms with Gasteiger partial charge in [0.1, 0.15) is 5.69 Å². The zero-order chi connectivity index (χ0) is 15.0. The molecule has 3 nitrogen and oxygen atoms in total. The minimum Gasteiger partial charge on any atom is -0.396 e. The third-order valence-corrected chi connectivity index (χ3v) is 3.86. The normalized spacial score (nSPS) is 10.8. The molecule has 0 atom stereocenters. The van der Waals surface area contributed by atoms with Crippen LogP contribution in [0.5, 0.6) is 0 Å². The molecule has 3 rings (SSSR count). The van der Waals surface area contributed by atoms with Crippen LogP contribution in [0, 0.1) is 13.8 Å². The van der Waals surface area contributed by atoms with Gasteiger partial charge < -0.3 is 5.73 Å². The monoisotopic (exact) mass is 341 g/mol. The van der Waals surface area contributed by atoms with Gasteiger partial charge in [-0.05, 0) is 49.2 Å². The number of rotatable bonds is 2. The van der Waals surface area contributed by atoms with Crippen LogP contribution in [0.1, 0.15) is 11.1 Å². The maximum absolute atomic E-state index is 6.13. The van der Waals surface area contributed by atoms with Crippen molar-refractivity contribution >= 4 is 21.6 Å². The molecule has 0 unspecified atom stereocenters. The third-order valence-electron chi connectivity index (χ3n) is 3.33. The molecule has 2 N–H and O–H groups in total. The third kappa shape index (κ3) is 2.85. The molecule has 3 aromatic rings. The molecule has 4 heteroatoms.